The second-order valence-electron chi connectivity index (χ2n) is 11.8. The number of aromatic nitrogens is 2. The van der Waals surface area contributed by atoms with Crippen molar-refractivity contribution in [2.24, 2.45) is 18.1 Å². The van der Waals surface area contributed by atoms with E-state index in [-0.39, 0.29) is 29.8 Å². The Kier molecular flexibility index (Phi) is 9.24. The molecule has 12 heteroatoms. The Morgan fingerprint density at radius 1 is 1.09 bits per heavy atom. The molecule has 0 amide bonds. The highest BCUT2D eigenvalue weighted by Gasteiger charge is 2.31. The maximum atomic E-state index is 13.1. The van der Waals surface area contributed by atoms with Crippen LogP contribution in [-0.2, 0) is 32.8 Å². The molecule has 0 N–H and O–H groups in total. The fourth-order valence-corrected chi connectivity index (χ4v) is 5.67. The molecule has 1 aromatic carbocycles. The van der Waals surface area contributed by atoms with Gasteiger partial charge in [-0.05, 0) is 69.7 Å². The molecule has 0 aliphatic heterocycles. The number of nitrogens with zero attached hydrogens (tertiary/aromatic N) is 6. The Morgan fingerprint density at radius 3 is 2.30 bits per heavy atom. The topological polar surface area (TPSA) is 151 Å². The minimum atomic E-state index is -3.55. The number of hydrogen-bond acceptors (Lipinski definition) is 10. The zero-order valence-electron chi connectivity index (χ0n) is 25.3. The third-order valence-corrected chi connectivity index (χ3v) is 8.08. The highest BCUT2D eigenvalue weighted by Crippen LogP contribution is 2.35. The SMILES string of the molecule is CN(c1c(C#N)c(=O)n(C)c2ccc(C#N)nc12)C1CCC(/C(=N/OC(C)(C)C)c2ccc(COS(C)(=O)=O)cc2)CC1. The second-order valence-corrected chi connectivity index (χ2v) is 13.5. The van der Waals surface area contributed by atoms with E-state index in [2.05, 4.69) is 22.3 Å². The van der Waals surface area contributed by atoms with Crippen molar-refractivity contribution in [1.29, 1.82) is 10.5 Å². The van der Waals surface area contributed by atoms with Crippen molar-refractivity contribution in [3.8, 4) is 12.1 Å². The minimum absolute atomic E-state index is 0.00276. The van der Waals surface area contributed by atoms with E-state index >= 15 is 0 Å². The number of hydrogen-bond donors (Lipinski definition) is 0. The van der Waals surface area contributed by atoms with Crippen LogP contribution in [0.2, 0.25) is 0 Å². The summed E-state index contributed by atoms with van der Waals surface area (Å²) in [6, 6.07) is 14.8. The molecule has 0 radical (unpaired) electrons. The summed E-state index contributed by atoms with van der Waals surface area (Å²) < 4.78 is 29.1. The number of benzene rings is 1. The van der Waals surface area contributed by atoms with Gasteiger partial charge in [-0.15, -0.1) is 0 Å². The monoisotopic (exact) mass is 604 g/mol. The Hall–Kier alpha value is -4.26. The number of anilines is 1. The summed E-state index contributed by atoms with van der Waals surface area (Å²) in [5.41, 5.74) is 3.17. The first kappa shape index (κ1) is 31.7. The number of nitriles is 2. The number of fused-ring (bicyclic) bond motifs is 1. The van der Waals surface area contributed by atoms with Gasteiger partial charge >= 0.3 is 0 Å². The van der Waals surface area contributed by atoms with Gasteiger partial charge in [-0.1, -0.05) is 29.4 Å². The molecule has 0 unspecified atom stereocenters. The Bertz CT molecular complexity index is 1790. The van der Waals surface area contributed by atoms with Crippen molar-refractivity contribution in [1.82, 2.24) is 9.55 Å². The van der Waals surface area contributed by atoms with E-state index in [9.17, 15) is 23.7 Å². The van der Waals surface area contributed by atoms with Gasteiger partial charge in [0.2, 0.25) is 0 Å². The van der Waals surface area contributed by atoms with Crippen LogP contribution in [0.5, 0.6) is 0 Å². The lowest BCUT2D eigenvalue weighted by molar-refractivity contribution is -0.0000302. The molecule has 1 saturated carbocycles. The molecule has 0 spiro atoms. The summed E-state index contributed by atoms with van der Waals surface area (Å²) in [6.45, 7) is 5.74. The molecule has 4 rings (SSSR count). The average molecular weight is 605 g/mol. The third kappa shape index (κ3) is 7.39. The number of pyridine rings is 2. The fraction of sp³-hybridized carbons (Fsp3) is 0.452. The highest BCUT2D eigenvalue weighted by molar-refractivity contribution is 7.85. The Morgan fingerprint density at radius 2 is 1.74 bits per heavy atom. The van der Waals surface area contributed by atoms with E-state index in [1.807, 2.05) is 57.0 Å². The lowest BCUT2D eigenvalue weighted by Gasteiger charge is -2.37. The van der Waals surface area contributed by atoms with Crippen LogP contribution in [0.4, 0.5) is 5.69 Å². The molecule has 0 saturated heterocycles. The molecule has 1 fully saturated rings. The first-order valence-electron chi connectivity index (χ1n) is 14.0. The zero-order chi connectivity index (χ0) is 31.5. The van der Waals surface area contributed by atoms with Crippen LogP contribution in [0.15, 0.2) is 46.3 Å². The summed E-state index contributed by atoms with van der Waals surface area (Å²) in [4.78, 5) is 25.4. The van der Waals surface area contributed by atoms with E-state index < -0.39 is 21.3 Å². The standard InChI is InChI=1S/C31H36N6O5S/c1-31(2,3)42-35-27(21-9-7-20(8-10-21)19-41-43(6,39)40)22-11-14-24(15-12-22)36(4)29-25(18-33)30(38)37(5)26-16-13-23(17-32)34-28(26)29/h7-10,13,16,22,24H,11-12,14-15,19H2,1-6H3/b35-27+. The Labute approximate surface area is 252 Å². The van der Waals surface area contributed by atoms with Crippen molar-refractivity contribution in [3.05, 3.63) is 69.1 Å². The van der Waals surface area contributed by atoms with Crippen LogP contribution in [0.25, 0.3) is 11.0 Å². The summed E-state index contributed by atoms with van der Waals surface area (Å²) in [5, 5.41) is 24.0. The number of rotatable bonds is 8. The molecular formula is C31H36N6O5S. The minimum Gasteiger partial charge on any atom is -0.390 e. The quantitative estimate of drug-likeness (QED) is 0.207. The van der Waals surface area contributed by atoms with Crippen molar-refractivity contribution in [2.45, 2.75) is 64.7 Å². The first-order chi connectivity index (χ1) is 20.2. The zero-order valence-corrected chi connectivity index (χ0v) is 26.1. The largest absolute Gasteiger partial charge is 0.390 e. The van der Waals surface area contributed by atoms with Gasteiger partial charge in [0.15, 0.2) is 0 Å². The van der Waals surface area contributed by atoms with Crippen molar-refractivity contribution >= 4 is 32.6 Å². The molecule has 2 heterocycles. The third-order valence-electron chi connectivity index (χ3n) is 7.53. The van der Waals surface area contributed by atoms with Gasteiger partial charge in [-0.3, -0.25) is 8.98 Å². The van der Waals surface area contributed by atoms with Crippen molar-refractivity contribution < 1.29 is 17.4 Å². The summed E-state index contributed by atoms with van der Waals surface area (Å²) in [7, 11) is -0.0824. The number of aryl methyl sites for hydroxylation is 1. The van der Waals surface area contributed by atoms with Crippen LogP contribution in [-0.4, -0.2) is 48.6 Å². The van der Waals surface area contributed by atoms with Crippen LogP contribution in [0, 0.1) is 28.6 Å². The normalized spacial score (nSPS) is 17.7. The molecule has 0 atom stereocenters. The van der Waals surface area contributed by atoms with Crippen LogP contribution in [0.1, 0.15) is 68.8 Å². The molecule has 3 aromatic rings. The van der Waals surface area contributed by atoms with Gasteiger partial charge in [-0.2, -0.15) is 18.9 Å². The van der Waals surface area contributed by atoms with Crippen molar-refractivity contribution in [3.63, 3.8) is 0 Å². The molecule has 11 nitrogen and oxygen atoms in total. The highest BCUT2D eigenvalue weighted by atomic mass is 32.2. The van der Waals surface area contributed by atoms with Crippen molar-refractivity contribution in [2.75, 3.05) is 18.2 Å². The van der Waals surface area contributed by atoms with E-state index in [4.69, 9.17) is 9.02 Å². The van der Waals surface area contributed by atoms with Gasteiger partial charge < -0.3 is 14.3 Å². The second kappa shape index (κ2) is 12.5. The van der Waals surface area contributed by atoms with Crippen LogP contribution >= 0.6 is 0 Å². The van der Waals surface area contributed by atoms with Crippen LogP contribution < -0.4 is 10.5 Å². The van der Waals surface area contributed by atoms with Gasteiger partial charge in [-0.25, -0.2) is 4.98 Å². The first-order valence-corrected chi connectivity index (χ1v) is 15.8. The number of oxime groups is 1. The van der Waals surface area contributed by atoms with E-state index in [1.165, 1.54) is 4.57 Å². The maximum absolute atomic E-state index is 13.1. The summed E-state index contributed by atoms with van der Waals surface area (Å²) in [5.74, 6) is 0.0873. The summed E-state index contributed by atoms with van der Waals surface area (Å²) in [6.07, 6.45) is 4.10. The molecule has 43 heavy (non-hydrogen) atoms. The molecule has 2 aromatic heterocycles. The molecular weight excluding hydrogens is 568 g/mol. The smallest absolute Gasteiger partial charge is 0.270 e. The average Bonchev–Trinajstić information content (AvgIpc) is 2.97. The van der Waals surface area contributed by atoms with E-state index in [0.717, 1.165) is 48.8 Å². The Balaban J connectivity index is 1.61. The van der Waals surface area contributed by atoms with Gasteiger partial charge in [0.05, 0.1) is 29.8 Å². The molecule has 1 aliphatic rings. The fourth-order valence-electron chi connectivity index (χ4n) is 5.31. The lowest BCUT2D eigenvalue weighted by Crippen LogP contribution is -2.39. The predicted molar refractivity (Wildman–Crippen MR) is 164 cm³/mol. The van der Waals surface area contributed by atoms with E-state index in [0.29, 0.717) is 16.7 Å². The van der Waals surface area contributed by atoms with Crippen LogP contribution in [0.3, 0.4) is 0 Å². The molecule has 1 aliphatic carbocycles. The predicted octanol–water partition coefficient (Wildman–Crippen LogP) is 4.37. The maximum Gasteiger partial charge on any atom is 0.270 e. The van der Waals surface area contributed by atoms with Gasteiger partial charge in [0.25, 0.3) is 15.7 Å². The molecule has 0 bridgehead atoms. The summed E-state index contributed by atoms with van der Waals surface area (Å²) >= 11 is 0. The van der Waals surface area contributed by atoms with E-state index in [1.54, 1.807) is 19.2 Å². The lowest BCUT2D eigenvalue weighted by atomic mass is 9.80. The van der Waals surface area contributed by atoms with Gasteiger partial charge in [0.1, 0.15) is 34.5 Å². The molecule has 226 valence electrons. The van der Waals surface area contributed by atoms with Gasteiger partial charge in [0, 0.05) is 26.1 Å².